The lowest BCUT2D eigenvalue weighted by molar-refractivity contribution is -0.145. The lowest BCUT2D eigenvalue weighted by atomic mass is 9.89. The van der Waals surface area contributed by atoms with Crippen molar-refractivity contribution in [3.63, 3.8) is 0 Å². The number of hydrazone groups is 1. The van der Waals surface area contributed by atoms with Crippen LogP contribution in [0.2, 0.25) is 0 Å². The van der Waals surface area contributed by atoms with Crippen LogP contribution in [0.15, 0.2) is 23.3 Å². The number of amides is 1. The standard InChI is InChI=1S/C17H18N2O3/c20-15(21)9-19-17(22)14-8-13(14)16(18-19)12-6-5-10-3-1-2-4-11(10)7-12/h5-7,13-14H,1-4,8-9H2,(H,20,21)/t13-,14+/m0/s1. The van der Waals surface area contributed by atoms with Gasteiger partial charge >= 0.3 is 5.97 Å². The maximum Gasteiger partial charge on any atom is 0.325 e. The molecule has 5 nitrogen and oxygen atoms in total. The van der Waals surface area contributed by atoms with Crippen LogP contribution < -0.4 is 0 Å². The molecule has 0 bridgehead atoms. The minimum absolute atomic E-state index is 0.0668. The smallest absolute Gasteiger partial charge is 0.325 e. The quantitative estimate of drug-likeness (QED) is 0.925. The second-order valence-electron chi connectivity index (χ2n) is 6.41. The highest BCUT2D eigenvalue weighted by Crippen LogP contribution is 2.45. The molecule has 1 saturated carbocycles. The zero-order valence-corrected chi connectivity index (χ0v) is 12.3. The molecule has 1 amide bonds. The molecule has 114 valence electrons. The van der Waals surface area contributed by atoms with Crippen molar-refractivity contribution in [3.8, 4) is 0 Å². The van der Waals surface area contributed by atoms with Gasteiger partial charge in [0.2, 0.25) is 5.91 Å². The van der Waals surface area contributed by atoms with E-state index < -0.39 is 5.97 Å². The van der Waals surface area contributed by atoms with Crippen molar-refractivity contribution in [2.75, 3.05) is 6.54 Å². The molecule has 2 atom stereocenters. The third-order valence-electron chi connectivity index (χ3n) is 4.87. The summed E-state index contributed by atoms with van der Waals surface area (Å²) < 4.78 is 0. The molecular formula is C17H18N2O3. The fourth-order valence-corrected chi connectivity index (χ4v) is 3.62. The summed E-state index contributed by atoms with van der Waals surface area (Å²) in [5.74, 6) is -1.06. The Morgan fingerprint density at radius 1 is 1.23 bits per heavy atom. The molecule has 1 aromatic carbocycles. The lowest BCUT2D eigenvalue weighted by Crippen LogP contribution is -2.37. The number of carbonyl (C=O) groups is 2. The van der Waals surface area contributed by atoms with Crippen molar-refractivity contribution in [2.24, 2.45) is 16.9 Å². The maximum atomic E-state index is 12.1. The van der Waals surface area contributed by atoms with Crippen molar-refractivity contribution >= 4 is 17.6 Å². The van der Waals surface area contributed by atoms with Crippen LogP contribution in [0.5, 0.6) is 0 Å². The Balaban J connectivity index is 1.69. The number of hydrogen-bond acceptors (Lipinski definition) is 3. The number of nitrogens with zero attached hydrogens (tertiary/aromatic N) is 2. The molecule has 2 aliphatic carbocycles. The summed E-state index contributed by atoms with van der Waals surface area (Å²) >= 11 is 0. The first-order valence-corrected chi connectivity index (χ1v) is 7.87. The van der Waals surface area contributed by atoms with Gasteiger partial charge < -0.3 is 5.11 Å². The number of benzene rings is 1. The van der Waals surface area contributed by atoms with Crippen molar-refractivity contribution in [1.29, 1.82) is 0 Å². The Morgan fingerprint density at radius 2 is 2.00 bits per heavy atom. The van der Waals surface area contributed by atoms with E-state index in [2.05, 4.69) is 23.3 Å². The van der Waals surface area contributed by atoms with Crippen molar-refractivity contribution in [3.05, 3.63) is 34.9 Å². The van der Waals surface area contributed by atoms with Gasteiger partial charge in [0.25, 0.3) is 0 Å². The summed E-state index contributed by atoms with van der Waals surface area (Å²) in [6, 6.07) is 6.44. The first-order chi connectivity index (χ1) is 10.6. The number of fused-ring (bicyclic) bond motifs is 2. The van der Waals surface area contributed by atoms with Gasteiger partial charge in [0, 0.05) is 11.8 Å². The molecule has 1 N–H and O–H groups in total. The predicted molar refractivity (Wildman–Crippen MR) is 80.6 cm³/mol. The third kappa shape index (κ3) is 2.21. The van der Waals surface area contributed by atoms with Crippen molar-refractivity contribution in [2.45, 2.75) is 32.1 Å². The molecule has 4 rings (SSSR count). The van der Waals surface area contributed by atoms with Gasteiger partial charge in [0.05, 0.1) is 5.71 Å². The molecule has 1 aromatic rings. The van der Waals surface area contributed by atoms with E-state index in [1.165, 1.54) is 24.0 Å². The van der Waals surface area contributed by atoms with Gasteiger partial charge in [-0.15, -0.1) is 0 Å². The molecule has 0 radical (unpaired) electrons. The Hall–Kier alpha value is -2.17. The van der Waals surface area contributed by atoms with Crippen LogP contribution in [-0.4, -0.2) is 34.2 Å². The Labute approximate surface area is 128 Å². The molecule has 1 heterocycles. The number of rotatable bonds is 3. The maximum absolute atomic E-state index is 12.1. The summed E-state index contributed by atoms with van der Waals surface area (Å²) in [6.45, 7) is -0.351. The highest BCUT2D eigenvalue weighted by molar-refractivity contribution is 6.09. The fraction of sp³-hybridized carbons (Fsp3) is 0.471. The molecule has 0 aromatic heterocycles. The highest BCUT2D eigenvalue weighted by Gasteiger charge is 2.52. The molecule has 5 heteroatoms. The van der Waals surface area contributed by atoms with E-state index >= 15 is 0 Å². The normalized spacial score (nSPS) is 26.1. The number of carboxylic acid groups (broad SMARTS) is 1. The van der Waals surface area contributed by atoms with Crippen molar-refractivity contribution in [1.82, 2.24) is 5.01 Å². The molecule has 1 fully saturated rings. The first-order valence-electron chi connectivity index (χ1n) is 7.87. The average molecular weight is 298 g/mol. The predicted octanol–water partition coefficient (Wildman–Crippen LogP) is 1.83. The fourth-order valence-electron chi connectivity index (χ4n) is 3.62. The highest BCUT2D eigenvalue weighted by atomic mass is 16.4. The number of aliphatic carboxylic acids is 1. The summed E-state index contributed by atoms with van der Waals surface area (Å²) in [5.41, 5.74) is 4.73. The lowest BCUT2D eigenvalue weighted by Gasteiger charge is -2.23. The van der Waals surface area contributed by atoms with Crippen molar-refractivity contribution < 1.29 is 14.7 Å². The average Bonchev–Trinajstić information content (AvgIpc) is 3.30. The zero-order valence-electron chi connectivity index (χ0n) is 12.3. The summed E-state index contributed by atoms with van der Waals surface area (Å²) in [5, 5.41) is 14.4. The summed E-state index contributed by atoms with van der Waals surface area (Å²) in [7, 11) is 0. The summed E-state index contributed by atoms with van der Waals surface area (Å²) in [6.07, 6.45) is 5.50. The second-order valence-corrected chi connectivity index (χ2v) is 6.41. The van der Waals surface area contributed by atoms with E-state index in [4.69, 9.17) is 5.11 Å². The Bertz CT molecular complexity index is 695. The minimum atomic E-state index is -1.03. The van der Waals surface area contributed by atoms with Gasteiger partial charge in [0.1, 0.15) is 6.54 Å². The van der Waals surface area contributed by atoms with E-state index in [-0.39, 0.29) is 24.3 Å². The largest absolute Gasteiger partial charge is 0.480 e. The third-order valence-corrected chi connectivity index (χ3v) is 4.87. The zero-order chi connectivity index (χ0) is 15.3. The van der Waals surface area contributed by atoms with E-state index in [0.717, 1.165) is 35.5 Å². The van der Waals surface area contributed by atoms with Crippen LogP contribution in [-0.2, 0) is 22.4 Å². The van der Waals surface area contributed by atoms with Crippen LogP contribution in [0, 0.1) is 11.8 Å². The van der Waals surface area contributed by atoms with E-state index in [0.29, 0.717) is 0 Å². The molecular weight excluding hydrogens is 280 g/mol. The number of aryl methyl sites for hydroxylation is 2. The molecule has 3 aliphatic rings. The molecule has 0 unspecified atom stereocenters. The van der Waals surface area contributed by atoms with Gasteiger partial charge in [-0.2, -0.15) is 5.10 Å². The Kier molecular flexibility index (Phi) is 3.03. The summed E-state index contributed by atoms with van der Waals surface area (Å²) in [4.78, 5) is 23.0. The minimum Gasteiger partial charge on any atom is -0.480 e. The van der Waals surface area contributed by atoms with Crippen LogP contribution in [0.4, 0.5) is 0 Å². The van der Waals surface area contributed by atoms with Gasteiger partial charge in [-0.1, -0.05) is 12.1 Å². The molecule has 0 spiro atoms. The number of hydrogen-bond donors (Lipinski definition) is 1. The van der Waals surface area contributed by atoms with E-state index in [9.17, 15) is 9.59 Å². The SMILES string of the molecule is O=C(O)CN1N=C(c2ccc3c(c2)CCCC3)[C@H]2C[C@H]2C1=O. The number of carboxylic acids is 1. The van der Waals surface area contributed by atoms with Crippen LogP contribution >= 0.6 is 0 Å². The van der Waals surface area contributed by atoms with Crippen LogP contribution in [0.1, 0.15) is 36.0 Å². The molecule has 1 aliphatic heterocycles. The second kappa shape index (κ2) is 4.93. The molecule has 0 saturated heterocycles. The first kappa shape index (κ1) is 13.5. The van der Waals surface area contributed by atoms with E-state index in [1.54, 1.807) is 0 Å². The van der Waals surface area contributed by atoms with Gasteiger partial charge in [-0.25, -0.2) is 5.01 Å². The van der Waals surface area contributed by atoms with Gasteiger partial charge in [-0.05, 0) is 54.9 Å². The molecule has 22 heavy (non-hydrogen) atoms. The topological polar surface area (TPSA) is 70.0 Å². The number of carbonyl (C=O) groups excluding carboxylic acids is 1. The van der Waals surface area contributed by atoms with Gasteiger partial charge in [0.15, 0.2) is 0 Å². The van der Waals surface area contributed by atoms with Crippen LogP contribution in [0.3, 0.4) is 0 Å². The van der Waals surface area contributed by atoms with Crippen LogP contribution in [0.25, 0.3) is 0 Å². The monoisotopic (exact) mass is 298 g/mol. The van der Waals surface area contributed by atoms with E-state index in [1.807, 2.05) is 0 Å². The Morgan fingerprint density at radius 3 is 2.77 bits per heavy atom. The van der Waals surface area contributed by atoms with Gasteiger partial charge in [-0.3, -0.25) is 9.59 Å².